The van der Waals surface area contributed by atoms with Gasteiger partial charge in [0.25, 0.3) is 5.91 Å². The lowest BCUT2D eigenvalue weighted by Crippen LogP contribution is -2.23. The Hall–Kier alpha value is -1.50. The summed E-state index contributed by atoms with van der Waals surface area (Å²) in [6.07, 6.45) is 1.59. The molecular weight excluding hydrogens is 437 g/mol. The number of nitrogens with one attached hydrogen (secondary N) is 1. The lowest BCUT2D eigenvalue weighted by molar-refractivity contribution is -0.115. The number of phenols is 1. The first-order valence-corrected chi connectivity index (χ1v) is 8.09. The largest absolute Gasteiger partial charge is 0.506 e. The van der Waals surface area contributed by atoms with Crippen molar-refractivity contribution in [2.75, 3.05) is 5.32 Å². The summed E-state index contributed by atoms with van der Waals surface area (Å²) >= 11 is 12.4. The Balaban J connectivity index is 1.99. The molecule has 0 aromatic heterocycles. The molecule has 0 aliphatic carbocycles. The van der Waals surface area contributed by atoms with Gasteiger partial charge in [-0.3, -0.25) is 4.79 Å². The lowest BCUT2D eigenvalue weighted by atomic mass is 10.1. The van der Waals surface area contributed by atoms with Crippen molar-refractivity contribution in [2.24, 2.45) is 0 Å². The van der Waals surface area contributed by atoms with Crippen molar-refractivity contribution in [1.29, 1.82) is 0 Å². The van der Waals surface area contributed by atoms with Crippen LogP contribution in [0, 0.1) is 0 Å². The summed E-state index contributed by atoms with van der Waals surface area (Å²) in [5.74, 6) is 0.401. The van der Waals surface area contributed by atoms with Crippen LogP contribution in [0.3, 0.4) is 0 Å². The highest BCUT2D eigenvalue weighted by molar-refractivity contribution is 9.11. The number of phenolic OH excluding ortho intramolecular Hbond substituents is 1. The van der Waals surface area contributed by atoms with Crippen LogP contribution in [0.4, 0.5) is 5.69 Å². The normalized spacial score (nSPS) is 15.2. The maximum Gasteiger partial charge on any atom is 0.291 e. The maximum absolute atomic E-state index is 12.1. The number of carbonyl (C=O) groups excluding carboxylic acids is 1. The Labute approximate surface area is 148 Å². The highest BCUT2D eigenvalue weighted by Gasteiger charge is 2.22. The molecule has 0 spiro atoms. The third kappa shape index (κ3) is 2.99. The Morgan fingerprint density at radius 1 is 1.18 bits per heavy atom. The van der Waals surface area contributed by atoms with Crippen molar-refractivity contribution < 1.29 is 14.6 Å². The average molecular weight is 445 g/mol. The topological polar surface area (TPSA) is 58.6 Å². The van der Waals surface area contributed by atoms with Crippen molar-refractivity contribution in [3.8, 4) is 11.5 Å². The summed E-state index contributed by atoms with van der Waals surface area (Å²) in [5.41, 5.74) is 1.22. The van der Waals surface area contributed by atoms with Crippen LogP contribution in [0.25, 0.3) is 6.08 Å². The third-order valence-electron chi connectivity index (χ3n) is 2.97. The molecule has 2 aromatic carbocycles. The van der Waals surface area contributed by atoms with Crippen LogP contribution in [0.5, 0.6) is 11.5 Å². The molecule has 7 heteroatoms. The first-order chi connectivity index (χ1) is 10.4. The minimum absolute atomic E-state index is 0.0937. The summed E-state index contributed by atoms with van der Waals surface area (Å²) in [5, 5.41) is 12.9. The molecule has 1 heterocycles. The van der Waals surface area contributed by atoms with Gasteiger partial charge in [0.2, 0.25) is 0 Å². The zero-order valence-corrected chi connectivity index (χ0v) is 14.8. The fraction of sp³-hybridized carbons (Fsp3) is 0. The van der Waals surface area contributed by atoms with Crippen molar-refractivity contribution in [1.82, 2.24) is 0 Å². The Morgan fingerprint density at radius 3 is 2.55 bits per heavy atom. The molecule has 0 saturated heterocycles. The quantitative estimate of drug-likeness (QED) is 0.611. The molecule has 1 aliphatic heterocycles. The molecule has 1 aliphatic rings. The van der Waals surface area contributed by atoms with E-state index in [-0.39, 0.29) is 17.4 Å². The summed E-state index contributed by atoms with van der Waals surface area (Å²) < 4.78 is 6.63. The van der Waals surface area contributed by atoms with E-state index in [1.807, 2.05) is 0 Å². The molecule has 3 rings (SSSR count). The van der Waals surface area contributed by atoms with Crippen LogP contribution < -0.4 is 10.1 Å². The molecule has 0 unspecified atom stereocenters. The van der Waals surface area contributed by atoms with Crippen LogP contribution in [-0.4, -0.2) is 11.0 Å². The van der Waals surface area contributed by atoms with Gasteiger partial charge in [0.15, 0.2) is 11.5 Å². The van der Waals surface area contributed by atoms with Gasteiger partial charge in [0, 0.05) is 5.02 Å². The van der Waals surface area contributed by atoms with E-state index in [1.165, 1.54) is 0 Å². The zero-order chi connectivity index (χ0) is 15.9. The van der Waals surface area contributed by atoms with Gasteiger partial charge < -0.3 is 15.2 Å². The minimum Gasteiger partial charge on any atom is -0.506 e. The van der Waals surface area contributed by atoms with Gasteiger partial charge in [0.1, 0.15) is 5.75 Å². The van der Waals surface area contributed by atoms with Crippen LogP contribution in [-0.2, 0) is 4.79 Å². The predicted octanol–water partition coefficient (Wildman–Crippen LogP) is 4.94. The van der Waals surface area contributed by atoms with Crippen molar-refractivity contribution >= 4 is 61.1 Å². The number of fused-ring (bicyclic) bond motifs is 1. The predicted molar refractivity (Wildman–Crippen MR) is 92.2 cm³/mol. The highest BCUT2D eigenvalue weighted by atomic mass is 79.9. The summed E-state index contributed by atoms with van der Waals surface area (Å²) in [6, 6.07) is 8.36. The number of hydrogen-bond donors (Lipinski definition) is 2. The minimum atomic E-state index is -0.366. The number of rotatable bonds is 1. The fourth-order valence-corrected chi connectivity index (χ4v) is 3.35. The van der Waals surface area contributed by atoms with Gasteiger partial charge in [-0.2, -0.15) is 0 Å². The van der Waals surface area contributed by atoms with Gasteiger partial charge in [-0.15, -0.1) is 0 Å². The lowest BCUT2D eigenvalue weighted by Gasteiger charge is -2.20. The highest BCUT2D eigenvalue weighted by Crippen LogP contribution is 2.36. The number of anilines is 1. The van der Waals surface area contributed by atoms with Crippen LogP contribution >= 0.6 is 43.5 Å². The van der Waals surface area contributed by atoms with Crippen molar-refractivity contribution in [2.45, 2.75) is 0 Å². The number of halogens is 3. The molecule has 0 atom stereocenters. The van der Waals surface area contributed by atoms with Gasteiger partial charge in [-0.25, -0.2) is 0 Å². The van der Waals surface area contributed by atoms with Crippen LogP contribution in [0.2, 0.25) is 5.02 Å². The van der Waals surface area contributed by atoms with E-state index in [2.05, 4.69) is 37.2 Å². The van der Waals surface area contributed by atoms with Gasteiger partial charge in [0.05, 0.1) is 14.6 Å². The van der Waals surface area contributed by atoms with Gasteiger partial charge >= 0.3 is 0 Å². The second kappa shape index (κ2) is 5.95. The third-order valence-corrected chi connectivity index (χ3v) is 4.41. The number of aromatic hydroxyl groups is 1. The SMILES string of the molecule is O=C1Nc2cc(Cl)ccc2O/C1=C\c1cc(Br)c(O)c(Br)c1. The summed E-state index contributed by atoms with van der Waals surface area (Å²) in [7, 11) is 0. The molecule has 0 saturated carbocycles. The fourth-order valence-electron chi connectivity index (χ4n) is 1.95. The smallest absolute Gasteiger partial charge is 0.291 e. The van der Waals surface area contributed by atoms with E-state index < -0.39 is 0 Å². The van der Waals surface area contributed by atoms with Crippen LogP contribution in [0.15, 0.2) is 45.0 Å². The Kier molecular flexibility index (Phi) is 4.16. The molecular formula is C15H8Br2ClNO3. The molecule has 0 radical (unpaired) electrons. The first kappa shape index (κ1) is 15.4. The monoisotopic (exact) mass is 443 g/mol. The molecule has 2 N–H and O–H groups in total. The van der Waals surface area contributed by atoms with E-state index in [0.29, 0.717) is 31.0 Å². The Morgan fingerprint density at radius 2 is 1.86 bits per heavy atom. The van der Waals surface area contributed by atoms with E-state index >= 15 is 0 Å². The number of amides is 1. The average Bonchev–Trinajstić information content (AvgIpc) is 2.45. The van der Waals surface area contributed by atoms with E-state index in [1.54, 1.807) is 36.4 Å². The van der Waals surface area contributed by atoms with E-state index in [4.69, 9.17) is 16.3 Å². The molecule has 112 valence electrons. The molecule has 0 fully saturated rings. The van der Waals surface area contributed by atoms with Gasteiger partial charge in [-0.1, -0.05) is 11.6 Å². The second-order valence-electron chi connectivity index (χ2n) is 4.54. The maximum atomic E-state index is 12.1. The van der Waals surface area contributed by atoms with E-state index in [9.17, 15) is 9.90 Å². The number of carbonyl (C=O) groups is 1. The molecule has 22 heavy (non-hydrogen) atoms. The zero-order valence-electron chi connectivity index (χ0n) is 10.9. The number of benzene rings is 2. The molecule has 4 nitrogen and oxygen atoms in total. The first-order valence-electron chi connectivity index (χ1n) is 6.12. The van der Waals surface area contributed by atoms with Crippen LogP contribution in [0.1, 0.15) is 5.56 Å². The van der Waals surface area contributed by atoms with Crippen molar-refractivity contribution in [3.63, 3.8) is 0 Å². The standard InChI is InChI=1S/C15H8Br2ClNO3/c16-9-3-7(4-10(17)14(9)20)5-13-15(21)19-11-6-8(18)1-2-12(11)22-13/h1-6,20H,(H,19,21)/b13-5-. The summed E-state index contributed by atoms with van der Waals surface area (Å²) in [6.45, 7) is 0. The number of hydrogen-bond acceptors (Lipinski definition) is 3. The molecule has 2 aromatic rings. The van der Waals surface area contributed by atoms with Crippen molar-refractivity contribution in [3.05, 3.63) is 55.6 Å². The Bertz CT molecular complexity index is 797. The second-order valence-corrected chi connectivity index (χ2v) is 6.68. The number of ether oxygens (including phenoxy) is 1. The molecule has 1 amide bonds. The van der Waals surface area contributed by atoms with Gasteiger partial charge in [-0.05, 0) is 73.8 Å². The molecule has 0 bridgehead atoms. The summed E-state index contributed by atoms with van der Waals surface area (Å²) in [4.78, 5) is 12.1. The van der Waals surface area contributed by atoms with E-state index in [0.717, 1.165) is 0 Å².